The molecule has 0 saturated carbocycles. The zero-order chi connectivity index (χ0) is 24.9. The molecule has 6 nitrogen and oxygen atoms in total. The minimum Gasteiger partial charge on any atom is -0.207 e. The minimum absolute atomic E-state index is 0.0414. The Hall–Kier alpha value is -2.70. The van der Waals surface area contributed by atoms with Crippen molar-refractivity contribution in [2.75, 3.05) is 13.1 Å². The number of aryl methyl sites for hydroxylation is 2. The van der Waals surface area contributed by atoms with Crippen molar-refractivity contribution in [3.63, 3.8) is 0 Å². The van der Waals surface area contributed by atoms with E-state index in [1.54, 1.807) is 48.5 Å². The monoisotopic (exact) mass is 498 g/mol. The van der Waals surface area contributed by atoms with E-state index in [4.69, 9.17) is 6.42 Å². The zero-order valence-corrected chi connectivity index (χ0v) is 21.1. The molecule has 1 aliphatic carbocycles. The zero-order valence-electron chi connectivity index (χ0n) is 19.5. The molecule has 0 fully saturated rings. The third-order valence-corrected chi connectivity index (χ3v) is 9.71. The van der Waals surface area contributed by atoms with E-state index in [1.165, 1.54) is 14.7 Å². The van der Waals surface area contributed by atoms with Gasteiger partial charge in [0, 0.05) is 18.6 Å². The Balaban J connectivity index is 2.08. The van der Waals surface area contributed by atoms with E-state index < -0.39 is 32.1 Å². The number of rotatable bonds is 9. The summed E-state index contributed by atoms with van der Waals surface area (Å²) in [7, 11) is -7.89. The van der Waals surface area contributed by atoms with Gasteiger partial charge in [0.25, 0.3) is 0 Å². The summed E-state index contributed by atoms with van der Waals surface area (Å²) in [5, 5.41) is 0. The van der Waals surface area contributed by atoms with Crippen LogP contribution in [0.2, 0.25) is 0 Å². The van der Waals surface area contributed by atoms with Gasteiger partial charge in [0.2, 0.25) is 20.0 Å². The lowest BCUT2D eigenvalue weighted by Crippen LogP contribution is -2.55. The summed E-state index contributed by atoms with van der Waals surface area (Å²) in [5.41, 5.74) is 1.87. The van der Waals surface area contributed by atoms with Crippen LogP contribution in [0.4, 0.5) is 0 Å². The van der Waals surface area contributed by atoms with Gasteiger partial charge in [-0.2, -0.15) is 8.61 Å². The molecule has 2 aromatic carbocycles. The topological polar surface area (TPSA) is 74.8 Å². The highest BCUT2D eigenvalue weighted by molar-refractivity contribution is 7.89. The maximum absolute atomic E-state index is 13.7. The first-order chi connectivity index (χ1) is 16.1. The Morgan fingerprint density at radius 2 is 1.26 bits per heavy atom. The molecule has 2 aromatic rings. The summed E-state index contributed by atoms with van der Waals surface area (Å²) in [4.78, 5) is 0.275. The van der Waals surface area contributed by atoms with Gasteiger partial charge in [0.05, 0.1) is 16.3 Å². The van der Waals surface area contributed by atoms with Crippen molar-refractivity contribution in [2.45, 2.75) is 48.6 Å². The number of terminal acetylenes is 1. The SMILES string of the molecule is C#CCN([C@H]1CC=CC[C@H]1N(CC=C)S(=O)(=O)c1ccc(C)cc1)S(=O)(=O)c1ccc(C)cc1. The van der Waals surface area contributed by atoms with E-state index in [-0.39, 0.29) is 22.9 Å². The van der Waals surface area contributed by atoms with Gasteiger partial charge in [-0.3, -0.25) is 0 Å². The Bertz CT molecular complexity index is 1290. The number of benzene rings is 2. The molecule has 0 bridgehead atoms. The van der Waals surface area contributed by atoms with Crippen molar-refractivity contribution in [2.24, 2.45) is 0 Å². The Labute approximate surface area is 203 Å². The first-order valence-corrected chi connectivity index (χ1v) is 13.9. The molecule has 34 heavy (non-hydrogen) atoms. The first kappa shape index (κ1) is 25.9. The molecular formula is C26H30N2O4S2. The van der Waals surface area contributed by atoms with E-state index >= 15 is 0 Å². The van der Waals surface area contributed by atoms with Crippen LogP contribution in [0.5, 0.6) is 0 Å². The normalized spacial score (nSPS) is 18.7. The molecule has 0 N–H and O–H groups in total. The van der Waals surface area contributed by atoms with Gasteiger partial charge in [0.1, 0.15) is 0 Å². The highest BCUT2D eigenvalue weighted by Gasteiger charge is 2.42. The minimum atomic E-state index is -3.97. The lowest BCUT2D eigenvalue weighted by molar-refractivity contribution is 0.202. The van der Waals surface area contributed by atoms with Crippen LogP contribution in [-0.4, -0.2) is 50.6 Å². The first-order valence-electron chi connectivity index (χ1n) is 11.0. The summed E-state index contributed by atoms with van der Waals surface area (Å²) in [6, 6.07) is 11.8. The number of hydrogen-bond donors (Lipinski definition) is 0. The summed E-state index contributed by atoms with van der Waals surface area (Å²) < 4.78 is 57.2. The molecule has 0 spiro atoms. The fourth-order valence-corrected chi connectivity index (χ4v) is 7.32. The van der Waals surface area contributed by atoms with Crippen LogP contribution in [-0.2, 0) is 20.0 Å². The van der Waals surface area contributed by atoms with Crippen LogP contribution >= 0.6 is 0 Å². The van der Waals surface area contributed by atoms with Crippen molar-refractivity contribution >= 4 is 20.0 Å². The van der Waals surface area contributed by atoms with Crippen LogP contribution in [0.3, 0.4) is 0 Å². The van der Waals surface area contributed by atoms with Gasteiger partial charge in [-0.15, -0.1) is 13.0 Å². The summed E-state index contributed by atoms with van der Waals surface area (Å²) in [5.74, 6) is 2.46. The highest BCUT2D eigenvalue weighted by Crippen LogP contribution is 2.31. The average Bonchev–Trinajstić information content (AvgIpc) is 2.81. The predicted molar refractivity (Wildman–Crippen MR) is 135 cm³/mol. The summed E-state index contributed by atoms with van der Waals surface area (Å²) >= 11 is 0. The molecule has 0 amide bonds. The molecule has 0 aromatic heterocycles. The van der Waals surface area contributed by atoms with E-state index in [9.17, 15) is 16.8 Å². The predicted octanol–water partition coefficient (Wildman–Crippen LogP) is 3.89. The molecule has 0 radical (unpaired) electrons. The van der Waals surface area contributed by atoms with Crippen LogP contribution in [0.25, 0.3) is 0 Å². The van der Waals surface area contributed by atoms with Crippen molar-refractivity contribution < 1.29 is 16.8 Å². The van der Waals surface area contributed by atoms with Gasteiger partial charge in [0.15, 0.2) is 0 Å². The molecule has 1 aliphatic rings. The Kier molecular flexibility index (Phi) is 8.16. The Morgan fingerprint density at radius 1 is 0.853 bits per heavy atom. The molecule has 8 heteroatoms. The lowest BCUT2D eigenvalue weighted by Gasteiger charge is -2.41. The van der Waals surface area contributed by atoms with Crippen molar-refractivity contribution in [3.05, 3.63) is 84.5 Å². The largest absolute Gasteiger partial charge is 0.244 e. The Morgan fingerprint density at radius 3 is 1.68 bits per heavy atom. The van der Waals surface area contributed by atoms with E-state index in [1.807, 2.05) is 26.0 Å². The second-order valence-electron chi connectivity index (χ2n) is 8.32. The molecule has 0 heterocycles. The lowest BCUT2D eigenvalue weighted by atomic mass is 9.95. The smallest absolute Gasteiger partial charge is 0.207 e. The molecule has 180 valence electrons. The van der Waals surface area contributed by atoms with Gasteiger partial charge >= 0.3 is 0 Å². The van der Waals surface area contributed by atoms with E-state index in [2.05, 4.69) is 12.5 Å². The maximum Gasteiger partial charge on any atom is 0.244 e. The molecule has 0 unspecified atom stereocenters. The van der Waals surface area contributed by atoms with Gasteiger partial charge in [-0.25, -0.2) is 16.8 Å². The number of sulfonamides is 2. The van der Waals surface area contributed by atoms with Crippen molar-refractivity contribution in [1.82, 2.24) is 8.61 Å². The van der Waals surface area contributed by atoms with Gasteiger partial charge in [-0.05, 0) is 51.0 Å². The summed E-state index contributed by atoms with van der Waals surface area (Å²) in [6.45, 7) is 7.37. The number of nitrogens with zero attached hydrogens (tertiary/aromatic N) is 2. The van der Waals surface area contributed by atoms with Gasteiger partial charge < -0.3 is 0 Å². The third-order valence-electron chi connectivity index (χ3n) is 5.92. The second-order valence-corrected chi connectivity index (χ2v) is 12.1. The molecule has 3 rings (SSSR count). The van der Waals surface area contributed by atoms with E-state index in [0.29, 0.717) is 12.8 Å². The quantitative estimate of drug-likeness (QED) is 0.388. The third kappa shape index (κ3) is 5.34. The van der Waals surface area contributed by atoms with Crippen LogP contribution in [0, 0.1) is 26.2 Å². The molecule has 0 saturated heterocycles. The second kappa shape index (κ2) is 10.7. The molecular weight excluding hydrogens is 468 g/mol. The van der Waals surface area contributed by atoms with Crippen molar-refractivity contribution in [3.8, 4) is 12.3 Å². The maximum atomic E-state index is 13.7. The standard InChI is InChI=1S/C26H30N2O4S2/c1-5-19-27(33(29,30)23-15-11-21(3)12-16-23)25-9-7-8-10-26(25)28(20-6-2)34(31,32)24-17-13-22(4)14-18-24/h1,6-8,11-18,25-26H,2,9-10,19-20H2,3-4H3/t25-,26+/m0/s1. The van der Waals surface area contributed by atoms with Gasteiger partial charge in [-0.1, -0.05) is 59.5 Å². The average molecular weight is 499 g/mol. The molecule has 0 aliphatic heterocycles. The van der Waals surface area contributed by atoms with Crippen molar-refractivity contribution in [1.29, 1.82) is 0 Å². The summed E-state index contributed by atoms with van der Waals surface area (Å²) in [6.07, 6.45) is 11.6. The van der Waals surface area contributed by atoms with Crippen LogP contribution < -0.4 is 0 Å². The highest BCUT2D eigenvalue weighted by atomic mass is 32.2. The van der Waals surface area contributed by atoms with Crippen LogP contribution in [0.1, 0.15) is 24.0 Å². The van der Waals surface area contributed by atoms with Crippen LogP contribution in [0.15, 0.2) is 83.1 Å². The number of hydrogen-bond acceptors (Lipinski definition) is 4. The van der Waals surface area contributed by atoms with E-state index in [0.717, 1.165) is 11.1 Å². The fraction of sp³-hybridized carbons (Fsp3) is 0.308. The fourth-order valence-electron chi connectivity index (χ4n) is 4.11. The molecule has 2 atom stereocenters.